The lowest BCUT2D eigenvalue weighted by molar-refractivity contribution is -0.659. The highest BCUT2D eigenvalue weighted by Crippen LogP contribution is 2.45. The molecule has 0 saturated heterocycles. The van der Waals surface area contributed by atoms with E-state index in [9.17, 15) is 4.39 Å². The van der Waals surface area contributed by atoms with Crippen molar-refractivity contribution in [3.63, 3.8) is 0 Å². The standard InChI is InChI=1S/C31H35FNSi.C31H36NSi.C28H37FNSi.C27H35FNSi/c1-22-19-30(32)29(23-11-7-5-8-12-23)21-28(22)31-27-16-15-26(20-24(27)17-18-33(31)2)34(3,4)25-13-9-6-10-14-25;1-23-15-16-25(24-11-7-5-8-12-24)22-30(23)31-29-18-17-28(21-26(29)19-20-32(31)2)33(3,4)27-13-9-6-10-14-27;1-7-21-18-26(19(2)20(3)27(21)29)28-25-14-13-24(17-22(25)15-16-30(28)4)31(5,6)23-11-9-8-10-12-23;1-18-16-19(2)26(28)25(20(18)3)27-24-13-12-23(17-21(24)14-15-29(27)4)30(5,6)22-10-8-7-9-11-22/h5,7-8,11-12,15-21,25H,6,9-10,13-14H2,1-4H3;5,7-8,11-12,15-22,27H,6,9-10,13-14H2,1-4H3;13-18,23H,7-12H2,1-6H3;12-17,22H,7-11H2,1-6H3/q4*+1. The van der Waals surface area contributed by atoms with E-state index < -0.39 is 32.3 Å². The topological polar surface area (TPSA) is 15.5 Å². The zero-order chi connectivity index (χ0) is 90.8. The fraction of sp³-hybridized carbons (Fsp3) is 0.385. The van der Waals surface area contributed by atoms with E-state index in [2.05, 4.69) is 289 Å². The number of hydrogen-bond donors (Lipinski definition) is 0. The van der Waals surface area contributed by atoms with Crippen molar-refractivity contribution in [2.75, 3.05) is 0 Å². The molecule has 0 atom stereocenters. The van der Waals surface area contributed by atoms with E-state index in [-0.39, 0.29) is 17.5 Å². The van der Waals surface area contributed by atoms with Gasteiger partial charge in [-0.05, 0) is 208 Å². The number of nitrogens with zero attached hydrogens (tertiary/aromatic N) is 4. The molecule has 128 heavy (non-hydrogen) atoms. The predicted molar refractivity (Wildman–Crippen MR) is 551 cm³/mol. The largest absolute Gasteiger partial charge is 0.223 e. The maximum absolute atomic E-state index is 15.3. The second kappa shape index (κ2) is 39.3. The molecule has 0 unspecified atom stereocenters. The Hall–Kier alpha value is -9.50. The average molecular weight is 1770 g/mol. The maximum atomic E-state index is 15.3. The van der Waals surface area contributed by atoms with Crippen LogP contribution in [0.25, 0.3) is 110 Å². The molecule has 4 aliphatic rings. The van der Waals surface area contributed by atoms with Gasteiger partial charge < -0.3 is 0 Å². The molecule has 664 valence electrons. The van der Waals surface area contributed by atoms with Gasteiger partial charge in [0.2, 0.25) is 22.8 Å². The number of rotatable bonds is 15. The normalized spacial score (nSPS) is 15.4. The van der Waals surface area contributed by atoms with Gasteiger partial charge in [0, 0.05) is 29.8 Å². The summed E-state index contributed by atoms with van der Waals surface area (Å²) in [6, 6.07) is 73.0. The molecule has 4 fully saturated rings. The minimum Gasteiger partial charge on any atom is -0.206 e. The van der Waals surface area contributed by atoms with Crippen molar-refractivity contribution in [1.82, 2.24) is 0 Å². The third kappa shape index (κ3) is 19.1. The number of hydrogen-bond acceptors (Lipinski definition) is 0. The third-order valence-corrected chi connectivity index (χ3v) is 49.7. The lowest BCUT2D eigenvalue weighted by atomic mass is 9.93. The number of benzene rings is 10. The van der Waals surface area contributed by atoms with Crippen LogP contribution in [-0.4, -0.2) is 32.3 Å². The molecule has 0 bridgehead atoms. The molecular weight excluding hydrogens is 1630 g/mol. The summed E-state index contributed by atoms with van der Waals surface area (Å²) in [5.74, 6) is -0.311. The molecule has 0 aliphatic heterocycles. The van der Waals surface area contributed by atoms with Gasteiger partial charge >= 0.3 is 0 Å². The van der Waals surface area contributed by atoms with Crippen molar-refractivity contribution < 1.29 is 31.4 Å². The minimum absolute atomic E-state index is 0.0471. The van der Waals surface area contributed by atoms with Crippen molar-refractivity contribution in [3.05, 3.63) is 287 Å². The van der Waals surface area contributed by atoms with Gasteiger partial charge in [0.05, 0.1) is 76.1 Å². The van der Waals surface area contributed by atoms with Crippen LogP contribution < -0.4 is 39.0 Å². The van der Waals surface area contributed by atoms with Gasteiger partial charge in [0.25, 0.3) is 0 Å². The van der Waals surface area contributed by atoms with E-state index in [4.69, 9.17) is 0 Å². The Morgan fingerprint density at radius 2 is 0.633 bits per heavy atom. The predicted octanol–water partition coefficient (Wildman–Crippen LogP) is 28.8. The van der Waals surface area contributed by atoms with Crippen LogP contribution in [0.3, 0.4) is 0 Å². The summed E-state index contributed by atoms with van der Waals surface area (Å²) < 4.78 is 53.8. The molecule has 0 radical (unpaired) electrons. The van der Waals surface area contributed by atoms with Gasteiger partial charge in [0.15, 0.2) is 24.8 Å². The van der Waals surface area contributed by atoms with Crippen LogP contribution in [0, 0.1) is 65.9 Å². The molecule has 14 aromatic rings. The first kappa shape index (κ1) is 93.2. The number of halogens is 3. The highest BCUT2D eigenvalue weighted by molar-refractivity contribution is 6.92. The zero-order valence-corrected chi connectivity index (χ0v) is 84.9. The van der Waals surface area contributed by atoms with Crippen molar-refractivity contribution in [1.29, 1.82) is 0 Å². The van der Waals surface area contributed by atoms with E-state index in [1.807, 2.05) is 84.1 Å². The lowest BCUT2D eigenvalue weighted by Crippen LogP contribution is -2.46. The van der Waals surface area contributed by atoms with E-state index in [0.29, 0.717) is 17.5 Å². The summed E-state index contributed by atoms with van der Waals surface area (Å²) in [7, 11) is 2.36. The van der Waals surface area contributed by atoms with E-state index in [0.717, 1.165) is 94.6 Å². The minimum atomic E-state index is -1.53. The Bertz CT molecular complexity index is 6380. The molecule has 11 heteroatoms. The van der Waals surface area contributed by atoms with E-state index >= 15 is 8.78 Å². The fourth-order valence-corrected chi connectivity index (χ4v) is 36.4. The molecular formula is C117H143F3N4Si4+4. The Kier molecular flexibility index (Phi) is 28.6. The lowest BCUT2D eigenvalue weighted by Gasteiger charge is -2.36. The maximum Gasteiger partial charge on any atom is 0.223 e. The zero-order valence-electron chi connectivity index (χ0n) is 80.9. The van der Waals surface area contributed by atoms with Crippen molar-refractivity contribution in [3.8, 4) is 67.3 Å². The third-order valence-electron chi connectivity index (χ3n) is 32.0. The first-order valence-electron chi connectivity index (χ1n) is 48.6. The number of pyridine rings is 4. The highest BCUT2D eigenvalue weighted by Gasteiger charge is 2.40. The monoisotopic (exact) mass is 1770 g/mol. The Labute approximate surface area is 769 Å². The van der Waals surface area contributed by atoms with Crippen LogP contribution in [0.4, 0.5) is 13.2 Å². The SMILES string of the molecule is CCc1cc(-c2c3ccc([Si](C)(C)C4CCCCC4)cc3cc[n+]2C)c(C)c(C)c1F.Cc1cc(C)c(F)c(-c2c3ccc([Si](C)(C)C4CCCCC4)cc3cc[n+]2C)c1C.Cc1cc(F)c(-c2ccccc2)cc1-c1c2ccc([Si](C)(C)C3CCCCC3)cc2cc[n+]1C.Cc1ccc(-c2ccccc2)cc1-c1c2ccc([Si](C)(C)C3CCCCC3)cc2cc[n+]1C. The van der Waals surface area contributed by atoms with Gasteiger partial charge in [-0.2, -0.15) is 0 Å². The van der Waals surface area contributed by atoms with Gasteiger partial charge in [-0.1, -0.05) is 336 Å². The molecule has 4 aliphatic carbocycles. The summed E-state index contributed by atoms with van der Waals surface area (Å²) in [6.07, 6.45) is 37.4. The smallest absolute Gasteiger partial charge is 0.206 e. The Morgan fingerprint density at radius 3 is 1.02 bits per heavy atom. The molecule has 0 amide bonds. The molecule has 4 saturated carbocycles. The van der Waals surface area contributed by atoms with E-state index in [1.54, 1.807) is 26.8 Å². The molecule has 0 N–H and O–H groups in total. The van der Waals surface area contributed by atoms with Gasteiger partial charge in [-0.15, -0.1) is 0 Å². The fourth-order valence-electron chi connectivity index (χ4n) is 22.9. The van der Waals surface area contributed by atoms with Crippen LogP contribution >= 0.6 is 0 Å². The van der Waals surface area contributed by atoms with Crippen molar-refractivity contribution in [2.24, 2.45) is 28.2 Å². The molecule has 10 aromatic carbocycles. The summed E-state index contributed by atoms with van der Waals surface area (Å²) in [5, 5.41) is 16.5. The highest BCUT2D eigenvalue weighted by atomic mass is 28.3. The van der Waals surface area contributed by atoms with Crippen molar-refractivity contribution in [2.45, 2.75) is 265 Å². The van der Waals surface area contributed by atoms with Crippen LogP contribution in [-0.2, 0) is 34.6 Å². The summed E-state index contributed by atoms with van der Waals surface area (Å²) >= 11 is 0. The summed E-state index contributed by atoms with van der Waals surface area (Å²) in [4.78, 5) is 0. The van der Waals surface area contributed by atoms with Crippen LogP contribution in [0.2, 0.25) is 74.5 Å². The summed E-state index contributed by atoms with van der Waals surface area (Å²) in [5.41, 5.74) is 24.4. The number of fused-ring (bicyclic) bond motifs is 4. The molecule has 4 heterocycles. The van der Waals surface area contributed by atoms with Gasteiger partial charge in [-0.25, -0.2) is 31.4 Å². The van der Waals surface area contributed by atoms with E-state index in [1.165, 1.54) is 200 Å². The Balaban J connectivity index is 0.000000131. The number of aryl methyl sites for hydroxylation is 9. The van der Waals surface area contributed by atoms with Crippen LogP contribution in [0.15, 0.2) is 225 Å². The van der Waals surface area contributed by atoms with Gasteiger partial charge in [-0.3, -0.25) is 0 Å². The molecule has 4 aromatic heterocycles. The Morgan fingerprint density at radius 1 is 0.281 bits per heavy atom. The first-order valence-corrected chi connectivity index (χ1v) is 60.9. The van der Waals surface area contributed by atoms with Crippen LogP contribution in [0.5, 0.6) is 0 Å². The van der Waals surface area contributed by atoms with Crippen LogP contribution in [0.1, 0.15) is 180 Å². The second-order valence-corrected chi connectivity index (χ2v) is 60.6. The first-order chi connectivity index (χ1) is 61.3. The molecule has 4 nitrogen and oxygen atoms in total. The average Bonchev–Trinajstić information content (AvgIpc) is 0.761. The number of aromatic nitrogens is 4. The quantitative estimate of drug-likeness (QED) is 0.0718. The van der Waals surface area contributed by atoms with Crippen molar-refractivity contribution >= 4 is 96.1 Å². The summed E-state index contributed by atoms with van der Waals surface area (Å²) in [6.45, 7) is 36.8. The van der Waals surface area contributed by atoms with Gasteiger partial charge in [0.1, 0.15) is 45.6 Å². The second-order valence-electron chi connectivity index (χ2n) is 41.3. The molecule has 0 spiro atoms. The molecule has 18 rings (SSSR count).